The maximum atomic E-state index is 5.94. The molecule has 4 heterocycles. The molecule has 0 radical (unpaired) electrons. The Morgan fingerprint density at radius 2 is 1.81 bits per heavy atom. The van der Waals surface area contributed by atoms with E-state index in [0.29, 0.717) is 5.75 Å². The van der Waals surface area contributed by atoms with Gasteiger partial charge in [-0.15, -0.1) is 5.10 Å². The van der Waals surface area contributed by atoms with Crippen LogP contribution in [0.3, 0.4) is 0 Å². The molecule has 27 heavy (non-hydrogen) atoms. The summed E-state index contributed by atoms with van der Waals surface area (Å²) in [5, 5.41) is 4.33. The number of aliphatic imine (C=N–C) groups is 1. The van der Waals surface area contributed by atoms with Crippen LogP contribution >= 0.6 is 0 Å². The van der Waals surface area contributed by atoms with Crippen LogP contribution in [-0.2, 0) is 0 Å². The molecular formula is C20H13N5O2. The van der Waals surface area contributed by atoms with Crippen LogP contribution in [0.25, 0.3) is 16.8 Å². The first-order valence-corrected chi connectivity index (χ1v) is 8.52. The number of nitrogen functional groups attached to an aromatic ring is 1. The van der Waals surface area contributed by atoms with Crippen molar-refractivity contribution in [1.29, 1.82) is 0 Å². The Morgan fingerprint density at radius 3 is 2.78 bits per heavy atom. The van der Waals surface area contributed by atoms with E-state index in [-0.39, 0.29) is 12.7 Å². The van der Waals surface area contributed by atoms with Gasteiger partial charge in [-0.1, -0.05) is 24.3 Å². The number of ether oxygens (including phenoxy) is 2. The van der Waals surface area contributed by atoms with Crippen molar-refractivity contribution in [2.75, 3.05) is 12.5 Å². The van der Waals surface area contributed by atoms with E-state index in [0.717, 1.165) is 45.0 Å². The summed E-state index contributed by atoms with van der Waals surface area (Å²) in [5.41, 5.74) is 11.9. The van der Waals surface area contributed by atoms with Crippen LogP contribution in [0.4, 0.5) is 11.6 Å². The largest absolute Gasteiger partial charge is 0.454 e. The van der Waals surface area contributed by atoms with Crippen molar-refractivity contribution in [3.05, 3.63) is 65.9 Å². The fraction of sp³-hybridized carbons (Fsp3) is 0.0500. The third-order valence-corrected chi connectivity index (χ3v) is 4.83. The second kappa shape index (κ2) is 5.07. The van der Waals surface area contributed by atoms with Crippen LogP contribution in [0.2, 0.25) is 0 Å². The van der Waals surface area contributed by atoms with Crippen molar-refractivity contribution in [3.63, 3.8) is 0 Å². The second-order valence-corrected chi connectivity index (χ2v) is 6.36. The summed E-state index contributed by atoms with van der Waals surface area (Å²) in [6, 6.07) is 15.7. The van der Waals surface area contributed by atoms with E-state index in [1.165, 1.54) is 0 Å². The number of nitrogens with zero attached hydrogens (tertiary/aromatic N) is 4. The fourth-order valence-corrected chi connectivity index (χ4v) is 3.69. The molecule has 0 saturated heterocycles. The molecule has 130 valence electrons. The average molecular weight is 355 g/mol. The molecule has 2 aliphatic heterocycles. The van der Waals surface area contributed by atoms with Crippen LogP contribution in [-0.4, -0.2) is 27.1 Å². The quantitative estimate of drug-likeness (QED) is 0.499. The van der Waals surface area contributed by atoms with Crippen LogP contribution < -0.4 is 15.2 Å². The molecule has 2 aliphatic rings. The number of anilines is 1. The Balaban J connectivity index is 1.75. The lowest BCUT2D eigenvalue weighted by atomic mass is 10.0. The van der Waals surface area contributed by atoms with Crippen molar-refractivity contribution in [3.8, 4) is 22.8 Å². The number of nitrogens with two attached hydrogens (primary N) is 1. The number of fused-ring (bicyclic) bond motifs is 3. The van der Waals surface area contributed by atoms with E-state index in [1.54, 1.807) is 4.52 Å². The number of rotatable bonds is 1. The highest BCUT2D eigenvalue weighted by atomic mass is 16.7. The third-order valence-electron chi connectivity index (χ3n) is 4.83. The van der Waals surface area contributed by atoms with E-state index in [4.69, 9.17) is 20.2 Å². The van der Waals surface area contributed by atoms with Crippen LogP contribution in [0.5, 0.6) is 11.5 Å². The lowest BCUT2D eigenvalue weighted by molar-refractivity contribution is 0.174. The highest BCUT2D eigenvalue weighted by molar-refractivity contribution is 6.22. The first-order valence-electron chi connectivity index (χ1n) is 8.52. The van der Waals surface area contributed by atoms with Crippen LogP contribution in [0, 0.1) is 0 Å². The van der Waals surface area contributed by atoms with E-state index in [1.807, 2.05) is 54.7 Å². The molecule has 0 spiro atoms. The number of benzene rings is 2. The summed E-state index contributed by atoms with van der Waals surface area (Å²) in [4.78, 5) is 9.51. The lowest BCUT2D eigenvalue weighted by Gasteiger charge is -2.08. The Labute approximate surface area is 153 Å². The SMILES string of the molecule is Nc1nc2c3c(ccn3n1)C(c1cccc3c1OCO3)=Nc1ccccc1-2. The first kappa shape index (κ1) is 14.3. The molecule has 0 unspecified atom stereocenters. The minimum atomic E-state index is 0.206. The number of para-hydroxylation sites is 2. The van der Waals surface area contributed by atoms with Gasteiger partial charge in [0, 0.05) is 22.9 Å². The highest BCUT2D eigenvalue weighted by Gasteiger charge is 2.27. The molecule has 0 fully saturated rings. The zero-order valence-corrected chi connectivity index (χ0v) is 14.1. The predicted molar refractivity (Wildman–Crippen MR) is 101 cm³/mol. The summed E-state index contributed by atoms with van der Waals surface area (Å²) in [6.45, 7) is 0.206. The zero-order valence-electron chi connectivity index (χ0n) is 14.1. The second-order valence-electron chi connectivity index (χ2n) is 6.36. The van der Waals surface area contributed by atoms with Crippen LogP contribution in [0.15, 0.2) is 59.7 Å². The van der Waals surface area contributed by atoms with E-state index in [9.17, 15) is 0 Å². The van der Waals surface area contributed by atoms with Crippen LogP contribution in [0.1, 0.15) is 11.1 Å². The van der Waals surface area contributed by atoms with Crippen molar-refractivity contribution < 1.29 is 9.47 Å². The molecule has 2 aromatic heterocycles. The van der Waals surface area contributed by atoms with Crippen molar-refractivity contribution >= 4 is 22.9 Å². The normalized spacial score (nSPS) is 14.0. The van der Waals surface area contributed by atoms with Gasteiger partial charge in [0.05, 0.1) is 11.4 Å². The molecule has 4 aromatic rings. The summed E-state index contributed by atoms with van der Waals surface area (Å²) in [7, 11) is 0. The molecule has 0 aliphatic carbocycles. The van der Waals surface area contributed by atoms with E-state index in [2.05, 4.69) is 10.1 Å². The lowest BCUT2D eigenvalue weighted by Crippen LogP contribution is -2.06. The zero-order chi connectivity index (χ0) is 18.0. The van der Waals surface area contributed by atoms with Gasteiger partial charge in [0.25, 0.3) is 0 Å². The summed E-state index contributed by atoms with van der Waals surface area (Å²) >= 11 is 0. The van der Waals surface area contributed by atoms with Crippen molar-refractivity contribution in [2.45, 2.75) is 0 Å². The minimum absolute atomic E-state index is 0.206. The molecule has 2 aromatic carbocycles. The van der Waals surface area contributed by atoms with Crippen molar-refractivity contribution in [2.24, 2.45) is 4.99 Å². The molecule has 0 saturated carbocycles. The minimum Gasteiger partial charge on any atom is -0.454 e. The maximum Gasteiger partial charge on any atom is 0.238 e. The topological polar surface area (TPSA) is 87.0 Å². The van der Waals surface area contributed by atoms with E-state index < -0.39 is 0 Å². The van der Waals surface area contributed by atoms with Gasteiger partial charge in [0.15, 0.2) is 11.5 Å². The van der Waals surface area contributed by atoms with Gasteiger partial charge in [-0.3, -0.25) is 0 Å². The molecule has 0 amide bonds. The molecule has 0 atom stereocenters. The number of aromatic nitrogens is 3. The first-order chi connectivity index (χ1) is 13.3. The smallest absolute Gasteiger partial charge is 0.238 e. The molecule has 2 N–H and O–H groups in total. The third kappa shape index (κ3) is 1.93. The Bertz CT molecular complexity index is 1270. The van der Waals surface area contributed by atoms with Gasteiger partial charge in [-0.25, -0.2) is 14.5 Å². The average Bonchev–Trinajstić information content (AvgIpc) is 3.29. The van der Waals surface area contributed by atoms with Gasteiger partial charge in [-0.05, 0) is 24.3 Å². The molecule has 7 heteroatoms. The maximum absolute atomic E-state index is 5.94. The number of hydrogen-bond acceptors (Lipinski definition) is 6. The Hall–Kier alpha value is -3.87. The van der Waals surface area contributed by atoms with Gasteiger partial charge in [0.1, 0.15) is 11.2 Å². The standard InChI is InChI=1S/C20H13N5O2/c21-20-23-17-11-4-1-2-6-14(11)22-16(12-8-9-25(24-20)18(12)17)13-5-3-7-15-19(13)27-10-26-15/h1-9H,10H2,(H2,21,24). The van der Waals surface area contributed by atoms with Gasteiger partial charge >= 0.3 is 0 Å². The number of hydrogen-bond donors (Lipinski definition) is 1. The van der Waals surface area contributed by atoms with Crippen molar-refractivity contribution in [1.82, 2.24) is 14.6 Å². The van der Waals surface area contributed by atoms with Gasteiger partial charge in [0.2, 0.25) is 12.7 Å². The monoisotopic (exact) mass is 355 g/mol. The fourth-order valence-electron chi connectivity index (χ4n) is 3.69. The summed E-state index contributed by atoms with van der Waals surface area (Å²) in [6.07, 6.45) is 1.87. The van der Waals surface area contributed by atoms with E-state index >= 15 is 0 Å². The summed E-state index contributed by atoms with van der Waals surface area (Å²) in [5.74, 6) is 1.64. The Kier molecular flexibility index (Phi) is 2.69. The highest BCUT2D eigenvalue weighted by Crippen LogP contribution is 2.42. The predicted octanol–water partition coefficient (Wildman–Crippen LogP) is 3.19. The Morgan fingerprint density at radius 1 is 0.926 bits per heavy atom. The molecule has 6 rings (SSSR count). The summed E-state index contributed by atoms with van der Waals surface area (Å²) < 4.78 is 13.0. The molecule has 7 nitrogen and oxygen atoms in total. The molecule has 0 bridgehead atoms. The van der Waals surface area contributed by atoms with Gasteiger partial charge in [-0.2, -0.15) is 0 Å². The van der Waals surface area contributed by atoms with Gasteiger partial charge < -0.3 is 15.2 Å². The molecular weight excluding hydrogens is 342 g/mol.